The molecule has 2 N–H and O–H groups in total. The minimum Gasteiger partial charge on any atom is -0.359 e. The molecular weight excluding hydrogens is 350 g/mol. The van der Waals surface area contributed by atoms with Gasteiger partial charge < -0.3 is 15.5 Å². The quantitative estimate of drug-likeness (QED) is 0.589. The van der Waals surface area contributed by atoms with Gasteiger partial charge in [-0.05, 0) is 37.3 Å². The molecule has 1 aromatic rings. The molecule has 5 nitrogen and oxygen atoms in total. The van der Waals surface area contributed by atoms with E-state index in [1.54, 1.807) is 7.05 Å². The fraction of sp³-hybridized carbons (Fsp3) is 0.600. The second-order valence-corrected chi connectivity index (χ2v) is 7.07. The molecule has 1 unspecified atom stereocenters. The number of halogens is 2. The van der Waals surface area contributed by atoms with Crippen LogP contribution in [0.25, 0.3) is 0 Å². The minimum absolute atomic E-state index is 0.0872. The van der Waals surface area contributed by atoms with Crippen LogP contribution in [0.1, 0.15) is 44.6 Å². The summed E-state index contributed by atoms with van der Waals surface area (Å²) in [5.74, 6) is 0.0495. The van der Waals surface area contributed by atoms with Crippen LogP contribution in [0.5, 0.6) is 0 Å². The molecule has 1 atom stereocenters. The van der Waals surface area contributed by atoms with Crippen molar-refractivity contribution in [1.29, 1.82) is 0 Å². The fourth-order valence-electron chi connectivity index (χ4n) is 3.36. The van der Waals surface area contributed by atoms with Gasteiger partial charge in [-0.3, -0.25) is 9.79 Å². The molecule has 0 saturated carbocycles. The van der Waals surface area contributed by atoms with Gasteiger partial charge in [0.2, 0.25) is 5.91 Å². The molecule has 1 aromatic carbocycles. The molecule has 0 aromatic heterocycles. The first-order valence-electron chi connectivity index (χ1n) is 9.63. The van der Waals surface area contributed by atoms with Gasteiger partial charge in [-0.15, -0.1) is 0 Å². The summed E-state index contributed by atoms with van der Waals surface area (Å²) in [7, 11) is 1.67. The third-order valence-electron chi connectivity index (χ3n) is 5.01. The predicted octanol–water partition coefficient (Wildman–Crippen LogP) is 2.88. The molecule has 0 spiro atoms. The Labute approximate surface area is 160 Å². The topological polar surface area (TPSA) is 56.7 Å². The van der Waals surface area contributed by atoms with E-state index >= 15 is 0 Å². The highest BCUT2D eigenvalue weighted by Gasteiger charge is 2.23. The smallest absolute Gasteiger partial charge is 0.220 e. The Morgan fingerprint density at radius 1 is 1.33 bits per heavy atom. The second kappa shape index (κ2) is 10.2. The largest absolute Gasteiger partial charge is 0.359 e. The van der Waals surface area contributed by atoms with E-state index in [1.807, 2.05) is 13.8 Å². The average Bonchev–Trinajstić information content (AvgIpc) is 2.65. The van der Waals surface area contributed by atoms with Gasteiger partial charge in [-0.2, -0.15) is 0 Å². The molecule has 1 heterocycles. The summed E-state index contributed by atoms with van der Waals surface area (Å²) in [5.41, 5.74) is 0.472. The monoisotopic (exact) mass is 380 g/mol. The number of aliphatic imine (C=N–C) groups is 1. The Kier molecular flexibility index (Phi) is 8.00. The van der Waals surface area contributed by atoms with E-state index < -0.39 is 11.6 Å². The average molecular weight is 380 g/mol. The molecule has 1 saturated heterocycles. The number of carbonyl (C=O) groups excluding carboxylic acids is 1. The van der Waals surface area contributed by atoms with Crippen LogP contribution in [0.3, 0.4) is 0 Å². The van der Waals surface area contributed by atoms with Crippen LogP contribution < -0.4 is 10.6 Å². The second-order valence-electron chi connectivity index (χ2n) is 7.07. The van der Waals surface area contributed by atoms with Gasteiger partial charge >= 0.3 is 0 Å². The van der Waals surface area contributed by atoms with Crippen molar-refractivity contribution in [1.82, 2.24) is 15.5 Å². The van der Waals surface area contributed by atoms with Crippen LogP contribution in [-0.4, -0.2) is 50.0 Å². The standard InChI is InChI=1S/C20H30F2N4O/c1-4-24-20(26-9-7-15(8-10-26)11-19(27)23-3)25-13-14(2)17-6-5-16(21)12-18(17)22/h5-6,12,14-15H,4,7-11,13H2,1-3H3,(H,23,27)(H,24,25). The van der Waals surface area contributed by atoms with Crippen molar-refractivity contribution in [2.24, 2.45) is 10.9 Å². The maximum atomic E-state index is 14.0. The van der Waals surface area contributed by atoms with Gasteiger partial charge in [0, 0.05) is 51.6 Å². The maximum Gasteiger partial charge on any atom is 0.220 e. The van der Waals surface area contributed by atoms with Crippen LogP contribution in [0.4, 0.5) is 8.78 Å². The Morgan fingerprint density at radius 3 is 2.63 bits per heavy atom. The van der Waals surface area contributed by atoms with Gasteiger partial charge in [-0.25, -0.2) is 8.78 Å². The SMILES string of the molecule is CCNC(=NCC(C)c1ccc(F)cc1F)N1CCC(CC(=O)NC)CC1. The molecule has 1 aliphatic rings. The molecular formula is C20H30F2N4O. The van der Waals surface area contributed by atoms with Gasteiger partial charge in [0.1, 0.15) is 11.6 Å². The Hall–Kier alpha value is -2.18. The zero-order valence-corrected chi connectivity index (χ0v) is 16.4. The number of nitrogens with zero attached hydrogens (tertiary/aromatic N) is 2. The maximum absolute atomic E-state index is 14.0. The van der Waals surface area contributed by atoms with Gasteiger partial charge in [0.25, 0.3) is 0 Å². The number of piperidine rings is 1. The van der Waals surface area contributed by atoms with E-state index in [1.165, 1.54) is 12.1 Å². The van der Waals surface area contributed by atoms with Crippen molar-refractivity contribution in [2.45, 2.75) is 39.0 Å². The van der Waals surface area contributed by atoms with Crippen molar-refractivity contribution in [3.05, 3.63) is 35.4 Å². The summed E-state index contributed by atoms with van der Waals surface area (Å²) in [6.07, 6.45) is 2.46. The summed E-state index contributed by atoms with van der Waals surface area (Å²) in [6.45, 7) is 6.74. The van der Waals surface area contributed by atoms with E-state index in [-0.39, 0.29) is 11.8 Å². The first-order valence-corrected chi connectivity index (χ1v) is 9.63. The normalized spacial score (nSPS) is 16.9. The molecule has 150 valence electrons. The molecule has 7 heteroatoms. The molecule has 1 fully saturated rings. The number of amides is 1. The molecule has 1 aliphatic heterocycles. The number of nitrogens with one attached hydrogen (secondary N) is 2. The highest BCUT2D eigenvalue weighted by Crippen LogP contribution is 2.22. The number of benzene rings is 1. The summed E-state index contributed by atoms with van der Waals surface area (Å²) in [4.78, 5) is 18.4. The minimum atomic E-state index is -0.570. The van der Waals surface area contributed by atoms with Crippen LogP contribution in [0.15, 0.2) is 23.2 Å². The summed E-state index contributed by atoms with van der Waals surface area (Å²) in [6, 6.07) is 3.68. The van der Waals surface area contributed by atoms with Gasteiger partial charge in [0.05, 0.1) is 0 Å². The lowest BCUT2D eigenvalue weighted by Gasteiger charge is -2.34. The Morgan fingerprint density at radius 2 is 2.04 bits per heavy atom. The first kappa shape index (κ1) is 21.1. The van der Waals surface area contributed by atoms with E-state index in [9.17, 15) is 13.6 Å². The van der Waals surface area contributed by atoms with E-state index in [2.05, 4.69) is 20.5 Å². The summed E-state index contributed by atoms with van der Waals surface area (Å²) < 4.78 is 27.0. The van der Waals surface area contributed by atoms with Crippen LogP contribution >= 0.6 is 0 Å². The number of hydrogen-bond acceptors (Lipinski definition) is 2. The number of carbonyl (C=O) groups is 1. The van der Waals surface area contributed by atoms with Crippen LogP contribution in [0, 0.1) is 17.6 Å². The molecule has 0 aliphatic carbocycles. The van der Waals surface area contributed by atoms with Crippen LogP contribution in [-0.2, 0) is 4.79 Å². The number of hydrogen-bond donors (Lipinski definition) is 2. The highest BCUT2D eigenvalue weighted by molar-refractivity contribution is 5.80. The lowest BCUT2D eigenvalue weighted by atomic mass is 9.93. The number of guanidine groups is 1. The Bertz CT molecular complexity index is 657. The summed E-state index contributed by atoms with van der Waals surface area (Å²) in [5, 5.41) is 5.97. The number of likely N-dealkylation sites (tertiary alicyclic amines) is 1. The van der Waals surface area contributed by atoms with Crippen molar-refractivity contribution in [2.75, 3.05) is 33.2 Å². The number of rotatable bonds is 6. The van der Waals surface area contributed by atoms with Crippen LogP contribution in [0.2, 0.25) is 0 Å². The third-order valence-corrected chi connectivity index (χ3v) is 5.01. The van der Waals surface area contributed by atoms with Crippen molar-refractivity contribution in [3.63, 3.8) is 0 Å². The molecule has 27 heavy (non-hydrogen) atoms. The lowest BCUT2D eigenvalue weighted by molar-refractivity contribution is -0.121. The summed E-state index contributed by atoms with van der Waals surface area (Å²) >= 11 is 0. The molecule has 2 rings (SSSR count). The zero-order chi connectivity index (χ0) is 19.8. The third kappa shape index (κ3) is 6.19. The molecule has 0 radical (unpaired) electrons. The highest BCUT2D eigenvalue weighted by atomic mass is 19.1. The van der Waals surface area contributed by atoms with Crippen molar-refractivity contribution >= 4 is 11.9 Å². The zero-order valence-electron chi connectivity index (χ0n) is 16.4. The van der Waals surface area contributed by atoms with Gasteiger partial charge in [0.15, 0.2) is 5.96 Å². The molecule has 0 bridgehead atoms. The first-order chi connectivity index (χ1) is 12.9. The van der Waals surface area contributed by atoms with E-state index in [0.717, 1.165) is 44.5 Å². The Balaban J connectivity index is 1.97. The predicted molar refractivity (Wildman–Crippen MR) is 104 cm³/mol. The van der Waals surface area contributed by atoms with E-state index in [0.29, 0.717) is 24.4 Å². The lowest BCUT2D eigenvalue weighted by Crippen LogP contribution is -2.46. The molecule has 1 amide bonds. The van der Waals surface area contributed by atoms with Crippen molar-refractivity contribution in [3.8, 4) is 0 Å². The fourth-order valence-corrected chi connectivity index (χ4v) is 3.36. The van der Waals surface area contributed by atoms with E-state index in [4.69, 9.17) is 0 Å². The van der Waals surface area contributed by atoms with Crippen molar-refractivity contribution < 1.29 is 13.6 Å². The van der Waals surface area contributed by atoms with Gasteiger partial charge in [-0.1, -0.05) is 13.0 Å².